The first-order valence-electron chi connectivity index (χ1n) is 6.00. The number of halogens is 1. The molecule has 0 aliphatic heterocycles. The van der Waals surface area contributed by atoms with Crippen LogP contribution in [0.15, 0.2) is 5.38 Å². The van der Waals surface area contributed by atoms with E-state index in [1.165, 1.54) is 0 Å². The van der Waals surface area contributed by atoms with Crippen molar-refractivity contribution in [3.63, 3.8) is 0 Å². The van der Waals surface area contributed by atoms with Crippen LogP contribution < -0.4 is 5.73 Å². The van der Waals surface area contributed by atoms with Crippen molar-refractivity contribution in [3.8, 4) is 0 Å². The van der Waals surface area contributed by atoms with Gasteiger partial charge in [-0.25, -0.2) is 15.0 Å². The average molecular weight is 388 g/mol. The lowest BCUT2D eigenvalue weighted by molar-refractivity contribution is 0.559. The van der Waals surface area contributed by atoms with Gasteiger partial charge in [-0.1, -0.05) is 20.8 Å². The lowest BCUT2D eigenvalue weighted by Gasteiger charge is -2.20. The molecule has 2 N–H and O–H groups in total. The number of nitrogens with two attached hydrogens (primary N) is 1. The monoisotopic (exact) mass is 388 g/mol. The Labute approximate surface area is 131 Å². The average Bonchev–Trinajstić information content (AvgIpc) is 2.67. The molecule has 6 heteroatoms. The van der Waals surface area contributed by atoms with Crippen LogP contribution in [0.5, 0.6) is 0 Å². The molecule has 0 aliphatic rings. The maximum atomic E-state index is 6.00. The predicted molar refractivity (Wildman–Crippen MR) is 87.5 cm³/mol. The molecule has 0 aliphatic carbocycles. The van der Waals surface area contributed by atoms with Gasteiger partial charge in [0, 0.05) is 10.8 Å². The van der Waals surface area contributed by atoms with Crippen LogP contribution in [0.25, 0.3) is 0 Å². The van der Waals surface area contributed by atoms with Crippen LogP contribution in [-0.4, -0.2) is 15.0 Å². The molecule has 4 nitrogen and oxygen atoms in total. The van der Waals surface area contributed by atoms with Crippen molar-refractivity contribution < 1.29 is 0 Å². The summed E-state index contributed by atoms with van der Waals surface area (Å²) in [4.78, 5) is 13.5. The first-order valence-corrected chi connectivity index (χ1v) is 7.96. The van der Waals surface area contributed by atoms with Crippen LogP contribution in [0.1, 0.15) is 43.0 Å². The van der Waals surface area contributed by atoms with Crippen LogP contribution in [0.4, 0.5) is 5.82 Å². The van der Waals surface area contributed by atoms with Crippen molar-refractivity contribution in [2.45, 2.75) is 39.5 Å². The summed E-state index contributed by atoms with van der Waals surface area (Å²) >= 11 is 3.86. The Kier molecular flexibility index (Phi) is 4.10. The number of nitrogen functional groups attached to an aromatic ring is 1. The van der Waals surface area contributed by atoms with Crippen molar-refractivity contribution >= 4 is 39.7 Å². The highest BCUT2D eigenvalue weighted by atomic mass is 127. The third kappa shape index (κ3) is 3.42. The molecule has 2 aromatic heterocycles. The Morgan fingerprint density at radius 3 is 2.47 bits per heavy atom. The third-order valence-electron chi connectivity index (χ3n) is 2.64. The van der Waals surface area contributed by atoms with Gasteiger partial charge in [-0.2, -0.15) is 0 Å². The van der Waals surface area contributed by atoms with Gasteiger partial charge in [0.1, 0.15) is 11.6 Å². The fourth-order valence-corrected chi connectivity index (χ4v) is 3.40. The SMILES string of the molecule is Cc1nc(Cc2nc(N)c(I)c(C(C)(C)C)n2)cs1. The van der Waals surface area contributed by atoms with Crippen molar-refractivity contribution in [2.75, 3.05) is 5.73 Å². The minimum absolute atomic E-state index is 0.0413. The second-order valence-corrected chi connectivity index (χ2v) is 7.61. The molecule has 2 aromatic rings. The molecule has 0 spiro atoms. The lowest BCUT2D eigenvalue weighted by atomic mass is 9.92. The van der Waals surface area contributed by atoms with Crippen LogP contribution in [0, 0.1) is 10.5 Å². The Bertz CT molecular complexity index is 601. The Balaban J connectivity index is 2.39. The molecular weight excluding hydrogens is 371 g/mol. The van der Waals surface area contributed by atoms with Crippen molar-refractivity contribution in [2.24, 2.45) is 0 Å². The minimum atomic E-state index is -0.0413. The first kappa shape index (κ1) is 14.6. The van der Waals surface area contributed by atoms with Gasteiger partial charge in [0.15, 0.2) is 0 Å². The molecule has 2 heterocycles. The predicted octanol–water partition coefficient (Wildman–Crippen LogP) is 3.32. The van der Waals surface area contributed by atoms with Crippen molar-refractivity contribution in [1.29, 1.82) is 0 Å². The normalized spacial score (nSPS) is 11.8. The largest absolute Gasteiger partial charge is 0.383 e. The summed E-state index contributed by atoms with van der Waals surface area (Å²) in [5.41, 5.74) is 7.96. The molecule has 0 unspecified atom stereocenters. The highest BCUT2D eigenvalue weighted by Gasteiger charge is 2.22. The maximum absolute atomic E-state index is 6.00. The van der Waals surface area contributed by atoms with Gasteiger partial charge in [0.2, 0.25) is 0 Å². The molecule has 0 fully saturated rings. The molecule has 0 bridgehead atoms. The van der Waals surface area contributed by atoms with E-state index in [-0.39, 0.29) is 5.41 Å². The van der Waals surface area contributed by atoms with Gasteiger partial charge in [-0.05, 0) is 29.5 Å². The number of aromatic nitrogens is 3. The fourth-order valence-electron chi connectivity index (χ4n) is 1.74. The first-order chi connectivity index (χ1) is 8.77. The Hall–Kier alpha value is -0.760. The summed E-state index contributed by atoms with van der Waals surface area (Å²) in [5, 5.41) is 3.10. The minimum Gasteiger partial charge on any atom is -0.383 e. The molecule has 0 aromatic carbocycles. The van der Waals surface area contributed by atoms with Gasteiger partial charge in [0.05, 0.1) is 26.4 Å². The van der Waals surface area contributed by atoms with Gasteiger partial charge < -0.3 is 5.73 Å². The lowest BCUT2D eigenvalue weighted by Crippen LogP contribution is -2.19. The number of nitrogens with zero attached hydrogens (tertiary/aromatic N) is 3. The zero-order chi connectivity index (χ0) is 14.2. The topological polar surface area (TPSA) is 64.7 Å². The number of hydrogen-bond donors (Lipinski definition) is 1. The molecule has 0 saturated heterocycles. The van der Waals surface area contributed by atoms with Gasteiger partial charge in [0.25, 0.3) is 0 Å². The molecule has 0 saturated carbocycles. The highest BCUT2D eigenvalue weighted by Crippen LogP contribution is 2.28. The van der Waals surface area contributed by atoms with Crippen LogP contribution >= 0.6 is 33.9 Å². The maximum Gasteiger partial charge on any atom is 0.140 e. The van der Waals surface area contributed by atoms with E-state index in [2.05, 4.69) is 58.3 Å². The summed E-state index contributed by atoms with van der Waals surface area (Å²) < 4.78 is 0.948. The second kappa shape index (κ2) is 5.32. The van der Waals surface area contributed by atoms with Crippen LogP contribution in [0.3, 0.4) is 0 Å². The summed E-state index contributed by atoms with van der Waals surface area (Å²) in [5.74, 6) is 1.30. The Morgan fingerprint density at radius 2 is 1.95 bits per heavy atom. The summed E-state index contributed by atoms with van der Waals surface area (Å²) in [7, 11) is 0. The molecular formula is C13H17IN4S. The molecule has 2 rings (SSSR count). The van der Waals surface area contributed by atoms with E-state index in [9.17, 15) is 0 Å². The number of hydrogen-bond acceptors (Lipinski definition) is 5. The zero-order valence-electron chi connectivity index (χ0n) is 11.5. The molecule has 0 radical (unpaired) electrons. The van der Waals surface area contributed by atoms with Crippen LogP contribution in [-0.2, 0) is 11.8 Å². The molecule has 0 atom stereocenters. The summed E-state index contributed by atoms with van der Waals surface area (Å²) in [6, 6.07) is 0. The van der Waals surface area contributed by atoms with E-state index in [0.717, 1.165) is 25.8 Å². The van der Waals surface area contributed by atoms with Crippen molar-refractivity contribution in [3.05, 3.63) is 31.2 Å². The van der Waals surface area contributed by atoms with E-state index in [1.54, 1.807) is 11.3 Å². The van der Waals surface area contributed by atoms with E-state index < -0.39 is 0 Å². The second-order valence-electron chi connectivity index (χ2n) is 5.47. The number of anilines is 1. The third-order valence-corrected chi connectivity index (χ3v) is 4.53. The van der Waals surface area contributed by atoms with E-state index >= 15 is 0 Å². The highest BCUT2D eigenvalue weighted by molar-refractivity contribution is 14.1. The van der Waals surface area contributed by atoms with E-state index in [0.29, 0.717) is 12.2 Å². The van der Waals surface area contributed by atoms with Gasteiger partial charge >= 0.3 is 0 Å². The standard InChI is InChI=1S/C13H17IN4S/c1-7-16-8(6-19-7)5-9-17-11(13(2,3)4)10(14)12(15)18-9/h6H,5H2,1-4H3,(H2,15,17,18). The van der Waals surface area contributed by atoms with E-state index in [1.807, 2.05) is 12.3 Å². The zero-order valence-corrected chi connectivity index (χ0v) is 14.5. The number of thiazole rings is 1. The van der Waals surface area contributed by atoms with Gasteiger partial charge in [-0.15, -0.1) is 11.3 Å². The number of aryl methyl sites for hydroxylation is 1. The summed E-state index contributed by atoms with van der Waals surface area (Å²) in [6.45, 7) is 8.40. The summed E-state index contributed by atoms with van der Waals surface area (Å²) in [6.07, 6.45) is 0.633. The molecule has 19 heavy (non-hydrogen) atoms. The molecule has 0 amide bonds. The van der Waals surface area contributed by atoms with Crippen molar-refractivity contribution in [1.82, 2.24) is 15.0 Å². The molecule has 102 valence electrons. The fraction of sp³-hybridized carbons (Fsp3) is 0.462. The smallest absolute Gasteiger partial charge is 0.140 e. The van der Waals surface area contributed by atoms with Gasteiger partial charge in [-0.3, -0.25) is 0 Å². The van der Waals surface area contributed by atoms with E-state index in [4.69, 9.17) is 5.73 Å². The quantitative estimate of drug-likeness (QED) is 0.802. The Morgan fingerprint density at radius 1 is 1.26 bits per heavy atom. The van der Waals surface area contributed by atoms with Crippen LogP contribution in [0.2, 0.25) is 0 Å². The number of rotatable bonds is 2.